The zero-order valence-corrected chi connectivity index (χ0v) is 40.9. The fourth-order valence-electron chi connectivity index (χ4n) is 9.54. The van der Waals surface area contributed by atoms with E-state index in [0.717, 1.165) is 75.7 Å². The van der Waals surface area contributed by atoms with Crippen LogP contribution in [-0.2, 0) is 32.9 Å². The molecule has 70 heavy (non-hydrogen) atoms. The third kappa shape index (κ3) is 12.0. The van der Waals surface area contributed by atoms with Crippen LogP contribution in [0.25, 0.3) is 22.0 Å². The molecule has 0 aliphatic heterocycles. The maximum Gasteiger partial charge on any atom is 0.230 e. The lowest BCUT2D eigenvalue weighted by atomic mass is 9.95. The molecular formula is C58H56Cl2N6O4. The highest BCUT2D eigenvalue weighted by Gasteiger charge is 2.21. The molecule has 2 aliphatic carbocycles. The molecule has 7 aromatic rings. The van der Waals surface area contributed by atoms with Gasteiger partial charge in [0.1, 0.15) is 43.4 Å². The molecule has 0 bridgehead atoms. The summed E-state index contributed by atoms with van der Waals surface area (Å²) in [4.78, 5) is 9.39. The summed E-state index contributed by atoms with van der Waals surface area (Å²) in [5.74, 6) is 2.59. The molecule has 0 saturated heterocycles. The summed E-state index contributed by atoms with van der Waals surface area (Å²) in [6.07, 6.45) is 13.6. The Morgan fingerprint density at radius 1 is 0.557 bits per heavy atom. The lowest BCUT2D eigenvalue weighted by molar-refractivity contribution is 0.286. The normalized spacial score (nSPS) is 14.2. The van der Waals surface area contributed by atoms with Crippen LogP contribution in [0.5, 0.6) is 28.9 Å². The number of halogens is 2. The van der Waals surface area contributed by atoms with Gasteiger partial charge >= 0.3 is 0 Å². The second kappa shape index (κ2) is 23.3. The maximum atomic E-state index is 9.49. The van der Waals surface area contributed by atoms with E-state index >= 15 is 0 Å². The second-order valence-corrected chi connectivity index (χ2v) is 19.1. The molecule has 0 atom stereocenters. The first-order valence-electron chi connectivity index (χ1n) is 24.3. The third-order valence-corrected chi connectivity index (χ3v) is 14.0. The molecule has 1 heterocycles. The molecule has 2 fully saturated rings. The summed E-state index contributed by atoms with van der Waals surface area (Å²) >= 11 is 14.0. The average Bonchev–Trinajstić information content (AvgIpc) is 3.40. The highest BCUT2D eigenvalue weighted by Crippen LogP contribution is 2.40. The maximum absolute atomic E-state index is 9.49. The number of benzene rings is 6. The average molecular weight is 972 g/mol. The molecule has 10 nitrogen and oxygen atoms in total. The summed E-state index contributed by atoms with van der Waals surface area (Å²) < 4.78 is 26.0. The SMILES string of the molecule is Cc1c(COc2cc(OCc3cccc(C#N)c3)c(CNC3CCCCC3)cc2Cl)cccc1-c1cccc2c(Oc3cc(OCc4cccc(C#N)c4)c(CNC4CCCCC4)cc3Cl)ncnc12. The van der Waals surface area contributed by atoms with Crippen LogP contribution < -0.4 is 29.6 Å². The first-order valence-corrected chi connectivity index (χ1v) is 25.1. The molecule has 356 valence electrons. The molecule has 9 rings (SSSR count). The number of aromatic nitrogens is 2. The molecule has 0 amide bonds. The van der Waals surface area contributed by atoms with Crippen molar-refractivity contribution < 1.29 is 18.9 Å². The van der Waals surface area contributed by atoms with Crippen molar-refractivity contribution in [2.24, 2.45) is 0 Å². The Kier molecular flexibility index (Phi) is 16.1. The molecule has 2 saturated carbocycles. The molecule has 0 radical (unpaired) electrons. The Morgan fingerprint density at radius 3 is 1.69 bits per heavy atom. The Morgan fingerprint density at radius 2 is 1.09 bits per heavy atom. The minimum atomic E-state index is 0.260. The monoisotopic (exact) mass is 970 g/mol. The topological polar surface area (TPSA) is 134 Å². The lowest BCUT2D eigenvalue weighted by Crippen LogP contribution is -2.30. The molecule has 12 heteroatoms. The highest BCUT2D eigenvalue weighted by molar-refractivity contribution is 6.32. The lowest BCUT2D eigenvalue weighted by Gasteiger charge is -2.24. The Labute approximate surface area is 420 Å². The van der Waals surface area contributed by atoms with Gasteiger partial charge in [-0.25, -0.2) is 9.97 Å². The summed E-state index contributed by atoms with van der Waals surface area (Å²) in [6, 6.07) is 39.9. The minimum absolute atomic E-state index is 0.260. The number of nitriles is 2. The smallest absolute Gasteiger partial charge is 0.230 e. The molecule has 1 aromatic heterocycles. The van der Waals surface area contributed by atoms with Crippen molar-refractivity contribution >= 4 is 34.1 Å². The van der Waals surface area contributed by atoms with Crippen LogP contribution >= 0.6 is 23.2 Å². The highest BCUT2D eigenvalue weighted by atomic mass is 35.5. The largest absolute Gasteiger partial charge is 0.488 e. The van der Waals surface area contributed by atoms with Gasteiger partial charge in [-0.05, 0) is 103 Å². The van der Waals surface area contributed by atoms with E-state index in [4.69, 9.17) is 47.1 Å². The van der Waals surface area contributed by atoms with Gasteiger partial charge in [-0.2, -0.15) is 10.5 Å². The Hall–Kier alpha value is -6.66. The predicted octanol–water partition coefficient (Wildman–Crippen LogP) is 14.0. The number of fused-ring (bicyclic) bond motifs is 1. The molecule has 2 aliphatic rings. The van der Waals surface area contributed by atoms with E-state index < -0.39 is 0 Å². The number of ether oxygens (including phenoxy) is 4. The fourth-order valence-corrected chi connectivity index (χ4v) is 10.0. The van der Waals surface area contributed by atoms with Crippen LogP contribution in [-0.4, -0.2) is 22.1 Å². The van der Waals surface area contributed by atoms with Gasteiger partial charge in [-0.1, -0.05) is 116 Å². The van der Waals surface area contributed by atoms with E-state index in [-0.39, 0.29) is 13.2 Å². The Bertz CT molecular complexity index is 3050. The van der Waals surface area contributed by atoms with E-state index in [2.05, 4.69) is 46.8 Å². The fraction of sp³-hybridized carbons (Fsp3) is 0.310. The van der Waals surface area contributed by atoms with Crippen LogP contribution in [0.15, 0.2) is 116 Å². The van der Waals surface area contributed by atoms with Gasteiger partial charge in [0, 0.05) is 54.0 Å². The van der Waals surface area contributed by atoms with Gasteiger partial charge < -0.3 is 29.6 Å². The second-order valence-electron chi connectivity index (χ2n) is 18.3. The van der Waals surface area contributed by atoms with Crippen LogP contribution in [0, 0.1) is 29.6 Å². The molecule has 2 N–H and O–H groups in total. The van der Waals surface area contributed by atoms with E-state index in [1.165, 1.54) is 44.9 Å². The molecule has 6 aromatic carbocycles. The predicted molar refractivity (Wildman–Crippen MR) is 275 cm³/mol. The number of hydrogen-bond donors (Lipinski definition) is 2. The first-order chi connectivity index (χ1) is 34.3. The van der Waals surface area contributed by atoms with Gasteiger partial charge in [-0.3, -0.25) is 0 Å². The van der Waals surface area contributed by atoms with Crippen LogP contribution in [0.4, 0.5) is 0 Å². The van der Waals surface area contributed by atoms with E-state index in [1.54, 1.807) is 12.1 Å². The van der Waals surface area contributed by atoms with Gasteiger partial charge in [0.2, 0.25) is 5.88 Å². The van der Waals surface area contributed by atoms with Gasteiger partial charge in [0.15, 0.2) is 5.75 Å². The zero-order chi connectivity index (χ0) is 48.2. The van der Waals surface area contributed by atoms with Crippen molar-refractivity contribution in [1.82, 2.24) is 20.6 Å². The summed E-state index contributed by atoms with van der Waals surface area (Å²) in [6.45, 7) is 4.12. The van der Waals surface area contributed by atoms with Gasteiger partial charge in [0.25, 0.3) is 0 Å². The number of para-hydroxylation sites is 1. The van der Waals surface area contributed by atoms with Crippen molar-refractivity contribution in [1.29, 1.82) is 10.5 Å². The summed E-state index contributed by atoms with van der Waals surface area (Å²) in [7, 11) is 0. The van der Waals surface area contributed by atoms with Crippen molar-refractivity contribution in [2.75, 3.05) is 0 Å². The number of hydrogen-bond acceptors (Lipinski definition) is 10. The van der Waals surface area contributed by atoms with Crippen molar-refractivity contribution in [3.05, 3.63) is 170 Å². The van der Waals surface area contributed by atoms with Crippen molar-refractivity contribution in [2.45, 2.75) is 116 Å². The summed E-state index contributed by atoms with van der Waals surface area (Å²) in [5.41, 5.74) is 9.43. The minimum Gasteiger partial charge on any atom is -0.488 e. The number of nitrogens with one attached hydrogen (secondary N) is 2. The van der Waals surface area contributed by atoms with Gasteiger partial charge in [-0.15, -0.1) is 0 Å². The van der Waals surface area contributed by atoms with Crippen LogP contribution in [0.2, 0.25) is 10.0 Å². The quantitative estimate of drug-likeness (QED) is 0.0856. The van der Waals surface area contributed by atoms with Gasteiger partial charge in [0.05, 0.1) is 44.2 Å². The van der Waals surface area contributed by atoms with E-state index in [1.807, 2.05) is 84.9 Å². The van der Waals surface area contributed by atoms with Crippen LogP contribution in [0.3, 0.4) is 0 Å². The van der Waals surface area contributed by atoms with Crippen LogP contribution in [0.1, 0.15) is 109 Å². The first kappa shape index (κ1) is 48.4. The Balaban J connectivity index is 0.953. The molecule has 0 unspecified atom stereocenters. The third-order valence-electron chi connectivity index (χ3n) is 13.5. The van der Waals surface area contributed by atoms with Crippen molar-refractivity contribution in [3.8, 4) is 52.1 Å². The standard InChI is InChI=1S/C58H56Cl2N6O4/c1-38-43(36-69-55-28-53(67-34-41-14-8-12-39(24-41)30-61)44(26-51(55)59)32-63-46-17-4-2-5-18-46)16-10-21-48(38)49-22-11-23-50-57(49)65-37-66-58(50)70-56-29-54(68-35-42-15-9-13-40(25-42)31-62)45(27-52(56)60)33-64-47-19-6-3-7-20-47/h8-16,21-29,37,46-47,63-64H,2-7,17-20,32-36H2,1H3. The number of nitrogens with zero attached hydrogens (tertiary/aromatic N) is 4. The molecular weight excluding hydrogens is 916 g/mol. The summed E-state index contributed by atoms with van der Waals surface area (Å²) in [5, 5.41) is 28.1. The zero-order valence-electron chi connectivity index (χ0n) is 39.4. The van der Waals surface area contributed by atoms with Crippen molar-refractivity contribution in [3.63, 3.8) is 0 Å². The number of rotatable bonds is 18. The van der Waals surface area contributed by atoms with E-state index in [9.17, 15) is 10.5 Å². The molecule has 0 spiro atoms. The van der Waals surface area contributed by atoms with E-state index in [0.29, 0.717) is 87.2 Å².